The summed E-state index contributed by atoms with van der Waals surface area (Å²) >= 11 is 0. The third kappa shape index (κ3) is 3.17. The lowest BCUT2D eigenvalue weighted by molar-refractivity contribution is 0.0937. The molecule has 0 unspecified atom stereocenters. The van der Waals surface area contributed by atoms with E-state index in [0.29, 0.717) is 5.69 Å². The van der Waals surface area contributed by atoms with Gasteiger partial charge in [0, 0.05) is 45.0 Å². The number of hydrogen-bond donors (Lipinski definition) is 0. The number of hydrogen-bond acceptors (Lipinski definition) is 4. The molecule has 1 aromatic heterocycles. The Morgan fingerprint density at radius 3 is 2.65 bits per heavy atom. The molecule has 1 aromatic rings. The van der Waals surface area contributed by atoms with Crippen LogP contribution in [0.5, 0.6) is 0 Å². The Kier molecular flexibility index (Phi) is 4.29. The minimum atomic E-state index is 0.520. The molecule has 1 aliphatic heterocycles. The fourth-order valence-corrected chi connectivity index (χ4v) is 3.45. The van der Waals surface area contributed by atoms with Gasteiger partial charge in [-0.2, -0.15) is 5.26 Å². The first-order valence-corrected chi connectivity index (χ1v) is 7.66. The molecule has 4 heteroatoms. The first-order valence-electron chi connectivity index (χ1n) is 7.66. The summed E-state index contributed by atoms with van der Waals surface area (Å²) in [6.07, 6.45) is 7.37. The van der Waals surface area contributed by atoms with Crippen molar-refractivity contribution < 1.29 is 0 Å². The molecule has 2 aliphatic rings. The molecule has 20 heavy (non-hydrogen) atoms. The van der Waals surface area contributed by atoms with Crippen LogP contribution in [0.15, 0.2) is 18.3 Å². The predicted molar refractivity (Wildman–Crippen MR) is 78.1 cm³/mol. The first kappa shape index (κ1) is 13.5. The van der Waals surface area contributed by atoms with Crippen LogP contribution in [-0.2, 0) is 6.54 Å². The fraction of sp³-hybridized carbons (Fsp3) is 0.625. The maximum atomic E-state index is 8.89. The molecule has 1 saturated carbocycles. The molecule has 0 atom stereocenters. The van der Waals surface area contributed by atoms with Gasteiger partial charge in [0.15, 0.2) is 0 Å². The fourth-order valence-electron chi connectivity index (χ4n) is 3.45. The van der Waals surface area contributed by atoms with Crippen LogP contribution in [0.2, 0.25) is 0 Å². The van der Waals surface area contributed by atoms with Crippen LogP contribution in [0, 0.1) is 11.3 Å². The Labute approximate surface area is 121 Å². The SMILES string of the molecule is N#Cc1cc(CN2CCN(C3CCCC3)CC2)ccn1. The zero-order chi connectivity index (χ0) is 13.8. The maximum Gasteiger partial charge on any atom is 0.140 e. The number of pyridine rings is 1. The molecule has 106 valence electrons. The second-order valence-corrected chi connectivity index (χ2v) is 5.91. The van der Waals surface area contributed by atoms with Crippen LogP contribution in [0.4, 0.5) is 0 Å². The van der Waals surface area contributed by atoms with Crippen molar-refractivity contribution in [2.24, 2.45) is 0 Å². The molecule has 4 nitrogen and oxygen atoms in total. The van der Waals surface area contributed by atoms with Crippen molar-refractivity contribution in [2.45, 2.75) is 38.3 Å². The molecule has 1 aliphatic carbocycles. The summed E-state index contributed by atoms with van der Waals surface area (Å²) in [5.74, 6) is 0. The lowest BCUT2D eigenvalue weighted by Crippen LogP contribution is -2.49. The van der Waals surface area contributed by atoms with Crippen molar-refractivity contribution >= 4 is 0 Å². The van der Waals surface area contributed by atoms with Gasteiger partial charge in [-0.05, 0) is 30.5 Å². The van der Waals surface area contributed by atoms with E-state index in [1.54, 1.807) is 6.20 Å². The molecule has 2 heterocycles. The van der Waals surface area contributed by atoms with Crippen molar-refractivity contribution in [1.29, 1.82) is 5.26 Å². The summed E-state index contributed by atoms with van der Waals surface area (Å²) < 4.78 is 0. The Morgan fingerprint density at radius 2 is 1.95 bits per heavy atom. The molecule has 0 radical (unpaired) electrons. The Hall–Kier alpha value is -1.44. The number of nitriles is 1. The number of rotatable bonds is 3. The van der Waals surface area contributed by atoms with Gasteiger partial charge in [0.05, 0.1) is 0 Å². The number of aromatic nitrogens is 1. The van der Waals surface area contributed by atoms with Crippen LogP contribution >= 0.6 is 0 Å². The zero-order valence-corrected chi connectivity index (χ0v) is 12.0. The summed E-state index contributed by atoms with van der Waals surface area (Å²) in [5.41, 5.74) is 1.72. The number of piperazine rings is 1. The standard InChI is InChI=1S/C16H22N4/c17-12-15-11-14(5-6-18-15)13-19-7-9-20(10-8-19)16-3-1-2-4-16/h5-6,11,16H,1-4,7-10,13H2. The lowest BCUT2D eigenvalue weighted by atomic mass is 10.1. The van der Waals surface area contributed by atoms with Gasteiger partial charge >= 0.3 is 0 Å². The Balaban J connectivity index is 1.52. The second kappa shape index (κ2) is 6.34. The van der Waals surface area contributed by atoms with Crippen molar-refractivity contribution in [3.05, 3.63) is 29.6 Å². The Bertz CT molecular complexity index is 479. The van der Waals surface area contributed by atoms with Crippen molar-refractivity contribution in [1.82, 2.24) is 14.8 Å². The lowest BCUT2D eigenvalue weighted by Gasteiger charge is -2.38. The van der Waals surface area contributed by atoms with E-state index in [0.717, 1.165) is 25.7 Å². The molecule has 2 fully saturated rings. The minimum Gasteiger partial charge on any atom is -0.298 e. The van der Waals surface area contributed by atoms with Gasteiger partial charge in [-0.1, -0.05) is 12.8 Å². The molecule has 0 N–H and O–H groups in total. The first-order chi connectivity index (χ1) is 9.85. The highest BCUT2D eigenvalue weighted by Gasteiger charge is 2.25. The summed E-state index contributed by atoms with van der Waals surface area (Å²) in [6.45, 7) is 5.61. The van der Waals surface area contributed by atoms with E-state index in [4.69, 9.17) is 5.26 Å². The average Bonchev–Trinajstić information content (AvgIpc) is 3.02. The van der Waals surface area contributed by atoms with Gasteiger partial charge in [-0.15, -0.1) is 0 Å². The maximum absolute atomic E-state index is 8.89. The third-order valence-corrected chi connectivity index (χ3v) is 4.59. The van der Waals surface area contributed by atoms with Gasteiger partial charge in [-0.3, -0.25) is 9.80 Å². The molecular weight excluding hydrogens is 248 g/mol. The monoisotopic (exact) mass is 270 g/mol. The number of nitrogens with zero attached hydrogens (tertiary/aromatic N) is 4. The predicted octanol–water partition coefficient (Wildman–Crippen LogP) is 2.01. The molecular formula is C16H22N4. The van der Waals surface area contributed by atoms with Crippen LogP contribution in [-0.4, -0.2) is 47.0 Å². The molecule has 0 amide bonds. The third-order valence-electron chi connectivity index (χ3n) is 4.59. The van der Waals surface area contributed by atoms with Gasteiger partial charge in [0.2, 0.25) is 0 Å². The van der Waals surface area contributed by atoms with E-state index in [1.807, 2.05) is 12.1 Å². The Morgan fingerprint density at radius 1 is 1.20 bits per heavy atom. The van der Waals surface area contributed by atoms with Gasteiger partial charge in [0.1, 0.15) is 11.8 Å². The van der Waals surface area contributed by atoms with E-state index in [9.17, 15) is 0 Å². The normalized spacial score (nSPS) is 21.9. The van der Waals surface area contributed by atoms with Gasteiger partial charge in [-0.25, -0.2) is 4.98 Å². The zero-order valence-electron chi connectivity index (χ0n) is 12.0. The van der Waals surface area contributed by atoms with Gasteiger partial charge < -0.3 is 0 Å². The summed E-state index contributed by atoms with van der Waals surface area (Å²) in [7, 11) is 0. The van der Waals surface area contributed by atoms with Crippen LogP contribution in [0.3, 0.4) is 0 Å². The molecule has 0 spiro atoms. The highest BCUT2D eigenvalue weighted by Crippen LogP contribution is 2.24. The largest absolute Gasteiger partial charge is 0.298 e. The van der Waals surface area contributed by atoms with E-state index >= 15 is 0 Å². The van der Waals surface area contributed by atoms with E-state index in [1.165, 1.54) is 44.3 Å². The highest BCUT2D eigenvalue weighted by atomic mass is 15.3. The average molecular weight is 270 g/mol. The summed E-state index contributed by atoms with van der Waals surface area (Å²) in [4.78, 5) is 9.19. The quantitative estimate of drug-likeness (QED) is 0.842. The summed E-state index contributed by atoms with van der Waals surface area (Å²) in [5, 5.41) is 8.89. The van der Waals surface area contributed by atoms with E-state index < -0.39 is 0 Å². The highest BCUT2D eigenvalue weighted by molar-refractivity contribution is 5.25. The smallest absolute Gasteiger partial charge is 0.140 e. The van der Waals surface area contributed by atoms with Crippen molar-refractivity contribution in [3.8, 4) is 6.07 Å². The summed E-state index contributed by atoms with van der Waals surface area (Å²) in [6, 6.07) is 6.89. The molecule has 1 saturated heterocycles. The van der Waals surface area contributed by atoms with Crippen molar-refractivity contribution in [3.63, 3.8) is 0 Å². The van der Waals surface area contributed by atoms with Gasteiger partial charge in [0.25, 0.3) is 0 Å². The van der Waals surface area contributed by atoms with Crippen LogP contribution < -0.4 is 0 Å². The molecule has 0 bridgehead atoms. The minimum absolute atomic E-state index is 0.520. The van der Waals surface area contributed by atoms with E-state index in [-0.39, 0.29) is 0 Å². The van der Waals surface area contributed by atoms with Crippen LogP contribution in [0.25, 0.3) is 0 Å². The van der Waals surface area contributed by atoms with Crippen molar-refractivity contribution in [2.75, 3.05) is 26.2 Å². The molecule has 3 rings (SSSR count). The van der Waals surface area contributed by atoms with E-state index in [2.05, 4.69) is 20.9 Å². The topological polar surface area (TPSA) is 43.2 Å². The second-order valence-electron chi connectivity index (χ2n) is 5.91. The molecule has 0 aromatic carbocycles. The van der Waals surface area contributed by atoms with Crippen LogP contribution in [0.1, 0.15) is 36.9 Å².